The maximum Gasteiger partial charge on any atom is 0.150 e. The van der Waals surface area contributed by atoms with E-state index >= 15 is 0 Å². The van der Waals surface area contributed by atoms with E-state index in [4.69, 9.17) is 0 Å². The molecule has 0 radical (unpaired) electrons. The molecule has 0 aliphatic carbocycles. The van der Waals surface area contributed by atoms with E-state index in [0.29, 0.717) is 5.56 Å². The lowest BCUT2D eigenvalue weighted by Gasteiger charge is -2.20. The average molecular weight is 189 g/mol. The third kappa shape index (κ3) is 2.02. The van der Waals surface area contributed by atoms with Crippen molar-refractivity contribution in [3.05, 3.63) is 42.0 Å². The fourth-order valence-electron chi connectivity index (χ4n) is 1.26. The monoisotopic (exact) mass is 189 g/mol. The minimum atomic E-state index is 0.692. The van der Waals surface area contributed by atoms with Crippen LogP contribution in [0.1, 0.15) is 22.8 Å². The first-order valence-corrected chi connectivity index (χ1v) is 4.65. The lowest BCUT2D eigenvalue weighted by Crippen LogP contribution is -2.15. The number of carbonyl (C=O) groups excluding carboxylic acids is 1. The summed E-state index contributed by atoms with van der Waals surface area (Å²) in [6.45, 7) is 6.90. The number of benzene rings is 1. The molecular weight excluding hydrogens is 174 g/mol. The number of hydrogen-bond donors (Lipinski definition) is 0. The van der Waals surface area contributed by atoms with Crippen LogP contribution < -0.4 is 0 Å². The SMILES string of the molecule is C=C(c1ccccc1C=O)N(C)CC. The molecule has 0 aliphatic rings. The van der Waals surface area contributed by atoms with Crippen molar-refractivity contribution in [1.82, 2.24) is 4.90 Å². The zero-order chi connectivity index (χ0) is 10.6. The summed E-state index contributed by atoms with van der Waals surface area (Å²) in [5.74, 6) is 0. The molecule has 0 bridgehead atoms. The Morgan fingerprint density at radius 1 is 1.50 bits per heavy atom. The van der Waals surface area contributed by atoms with Crippen LogP contribution in [0.4, 0.5) is 0 Å². The van der Waals surface area contributed by atoms with Crippen molar-refractivity contribution >= 4 is 12.0 Å². The first kappa shape index (κ1) is 10.5. The molecule has 14 heavy (non-hydrogen) atoms. The van der Waals surface area contributed by atoms with Crippen molar-refractivity contribution in [1.29, 1.82) is 0 Å². The highest BCUT2D eigenvalue weighted by Crippen LogP contribution is 2.18. The van der Waals surface area contributed by atoms with Gasteiger partial charge in [-0.15, -0.1) is 0 Å². The van der Waals surface area contributed by atoms with Gasteiger partial charge in [0.2, 0.25) is 0 Å². The lowest BCUT2D eigenvalue weighted by molar-refractivity contribution is 0.112. The zero-order valence-corrected chi connectivity index (χ0v) is 8.66. The molecule has 0 amide bonds. The van der Waals surface area contributed by atoms with Gasteiger partial charge < -0.3 is 4.90 Å². The first-order valence-electron chi connectivity index (χ1n) is 4.65. The van der Waals surface area contributed by atoms with Crippen LogP contribution in [0.5, 0.6) is 0 Å². The molecule has 74 valence electrons. The zero-order valence-electron chi connectivity index (χ0n) is 8.66. The predicted molar refractivity (Wildman–Crippen MR) is 59.2 cm³/mol. The summed E-state index contributed by atoms with van der Waals surface area (Å²) >= 11 is 0. The van der Waals surface area contributed by atoms with Crippen LogP contribution in [0.2, 0.25) is 0 Å². The highest BCUT2D eigenvalue weighted by Gasteiger charge is 2.06. The lowest BCUT2D eigenvalue weighted by atomic mass is 10.1. The molecule has 0 atom stereocenters. The van der Waals surface area contributed by atoms with Crippen molar-refractivity contribution in [2.75, 3.05) is 13.6 Å². The minimum absolute atomic E-state index is 0.692. The Morgan fingerprint density at radius 3 is 2.71 bits per heavy atom. The highest BCUT2D eigenvalue weighted by molar-refractivity contribution is 5.84. The third-order valence-electron chi connectivity index (χ3n) is 2.33. The van der Waals surface area contributed by atoms with Crippen molar-refractivity contribution < 1.29 is 4.79 Å². The quantitative estimate of drug-likeness (QED) is 0.678. The second-order valence-corrected chi connectivity index (χ2v) is 3.17. The van der Waals surface area contributed by atoms with E-state index in [9.17, 15) is 4.79 Å². The van der Waals surface area contributed by atoms with Crippen molar-refractivity contribution in [3.8, 4) is 0 Å². The summed E-state index contributed by atoms with van der Waals surface area (Å²) < 4.78 is 0. The van der Waals surface area contributed by atoms with E-state index in [0.717, 1.165) is 24.1 Å². The molecule has 2 nitrogen and oxygen atoms in total. The standard InChI is InChI=1S/C12H15NO/c1-4-13(3)10(2)12-8-6-5-7-11(12)9-14/h5-9H,2,4H2,1,3H3. The molecular formula is C12H15NO. The number of aldehydes is 1. The summed E-state index contributed by atoms with van der Waals surface area (Å²) in [5.41, 5.74) is 2.49. The minimum Gasteiger partial charge on any atom is -0.375 e. The van der Waals surface area contributed by atoms with E-state index < -0.39 is 0 Å². The molecule has 0 saturated carbocycles. The maximum atomic E-state index is 10.8. The number of hydrogen-bond acceptors (Lipinski definition) is 2. The average Bonchev–Trinajstić information content (AvgIpc) is 2.26. The van der Waals surface area contributed by atoms with Gasteiger partial charge in [-0.05, 0) is 6.92 Å². The van der Waals surface area contributed by atoms with Gasteiger partial charge in [-0.3, -0.25) is 4.79 Å². The van der Waals surface area contributed by atoms with E-state index in [2.05, 4.69) is 13.5 Å². The molecule has 0 spiro atoms. The van der Waals surface area contributed by atoms with Gasteiger partial charge in [0, 0.05) is 30.4 Å². The molecule has 1 aromatic rings. The summed E-state index contributed by atoms with van der Waals surface area (Å²) in [7, 11) is 1.96. The van der Waals surface area contributed by atoms with Gasteiger partial charge in [0.1, 0.15) is 0 Å². The van der Waals surface area contributed by atoms with E-state index in [1.807, 2.05) is 30.1 Å². The van der Waals surface area contributed by atoms with Crippen LogP contribution >= 0.6 is 0 Å². The topological polar surface area (TPSA) is 20.3 Å². The Bertz CT molecular complexity index is 344. The molecule has 0 N–H and O–H groups in total. The second-order valence-electron chi connectivity index (χ2n) is 3.17. The molecule has 0 fully saturated rings. The van der Waals surface area contributed by atoms with Gasteiger partial charge in [0.15, 0.2) is 6.29 Å². The van der Waals surface area contributed by atoms with Crippen molar-refractivity contribution in [3.63, 3.8) is 0 Å². The van der Waals surface area contributed by atoms with Crippen LogP contribution in [0.25, 0.3) is 5.70 Å². The summed E-state index contributed by atoms with van der Waals surface area (Å²) in [4.78, 5) is 12.8. The molecule has 1 rings (SSSR count). The Balaban J connectivity index is 3.05. The smallest absolute Gasteiger partial charge is 0.150 e. The van der Waals surface area contributed by atoms with Crippen LogP contribution in [0, 0.1) is 0 Å². The van der Waals surface area contributed by atoms with E-state index in [1.54, 1.807) is 6.07 Å². The normalized spacial score (nSPS) is 9.57. The number of rotatable bonds is 4. The molecule has 2 heteroatoms. The van der Waals surface area contributed by atoms with Gasteiger partial charge in [-0.1, -0.05) is 30.8 Å². The largest absolute Gasteiger partial charge is 0.375 e. The summed E-state index contributed by atoms with van der Waals surface area (Å²) in [6.07, 6.45) is 0.865. The Labute approximate surface area is 84.9 Å². The fraction of sp³-hybridized carbons (Fsp3) is 0.250. The third-order valence-corrected chi connectivity index (χ3v) is 2.33. The predicted octanol–water partition coefficient (Wildman–Crippen LogP) is 2.42. The fourth-order valence-corrected chi connectivity index (χ4v) is 1.26. The van der Waals surface area contributed by atoms with Crippen LogP contribution in [-0.2, 0) is 0 Å². The van der Waals surface area contributed by atoms with E-state index in [1.165, 1.54) is 0 Å². The number of nitrogens with zero attached hydrogens (tertiary/aromatic N) is 1. The van der Waals surface area contributed by atoms with Crippen molar-refractivity contribution in [2.45, 2.75) is 6.92 Å². The molecule has 0 heterocycles. The van der Waals surface area contributed by atoms with E-state index in [-0.39, 0.29) is 0 Å². The molecule has 0 saturated heterocycles. The van der Waals surface area contributed by atoms with Gasteiger partial charge in [-0.2, -0.15) is 0 Å². The highest BCUT2D eigenvalue weighted by atomic mass is 16.1. The Hall–Kier alpha value is -1.57. The van der Waals surface area contributed by atoms with Gasteiger partial charge in [0.05, 0.1) is 0 Å². The Kier molecular flexibility index (Phi) is 3.46. The van der Waals surface area contributed by atoms with Crippen molar-refractivity contribution in [2.24, 2.45) is 0 Å². The first-order chi connectivity index (χ1) is 6.70. The van der Waals surface area contributed by atoms with Crippen LogP contribution in [0.15, 0.2) is 30.8 Å². The second kappa shape index (κ2) is 4.61. The Morgan fingerprint density at radius 2 is 2.14 bits per heavy atom. The van der Waals surface area contributed by atoms with Gasteiger partial charge in [0.25, 0.3) is 0 Å². The van der Waals surface area contributed by atoms with Crippen LogP contribution in [0.3, 0.4) is 0 Å². The van der Waals surface area contributed by atoms with Gasteiger partial charge in [-0.25, -0.2) is 0 Å². The summed E-state index contributed by atoms with van der Waals surface area (Å²) in [6, 6.07) is 7.48. The molecule has 0 aliphatic heterocycles. The molecule has 0 aromatic heterocycles. The molecule has 0 unspecified atom stereocenters. The van der Waals surface area contributed by atoms with Gasteiger partial charge >= 0.3 is 0 Å². The number of carbonyl (C=O) groups is 1. The summed E-state index contributed by atoms with van der Waals surface area (Å²) in [5, 5.41) is 0. The maximum absolute atomic E-state index is 10.8. The molecule has 1 aromatic carbocycles. The van der Waals surface area contributed by atoms with Crippen LogP contribution in [-0.4, -0.2) is 24.8 Å².